The minimum Gasteiger partial charge on any atom is -0.391 e. The van der Waals surface area contributed by atoms with Gasteiger partial charge in [-0.1, -0.05) is 29.8 Å². The highest BCUT2D eigenvalue weighted by molar-refractivity contribution is 5.53. The van der Waals surface area contributed by atoms with Crippen molar-refractivity contribution in [1.82, 2.24) is 9.97 Å². The van der Waals surface area contributed by atoms with Crippen LogP contribution in [0, 0.1) is 18.3 Å². The van der Waals surface area contributed by atoms with Crippen molar-refractivity contribution in [3.8, 4) is 6.07 Å². The van der Waals surface area contributed by atoms with Gasteiger partial charge >= 0.3 is 0 Å². The van der Waals surface area contributed by atoms with Crippen LogP contribution in [0.3, 0.4) is 0 Å². The lowest BCUT2D eigenvalue weighted by atomic mass is 10.1. The molecular weight excluding hydrogens is 304 g/mol. The number of nitriles is 1. The topological polar surface area (TPSA) is 93.0 Å². The molecule has 0 amide bonds. The first-order valence-electron chi connectivity index (χ1n) is 8.08. The second kappa shape index (κ2) is 6.85. The van der Waals surface area contributed by atoms with Crippen LogP contribution in [0.4, 0.5) is 5.82 Å². The van der Waals surface area contributed by atoms with Gasteiger partial charge < -0.3 is 15.0 Å². The Morgan fingerprint density at radius 1 is 1.50 bits per heavy atom. The van der Waals surface area contributed by atoms with Gasteiger partial charge in [-0.3, -0.25) is 4.79 Å². The van der Waals surface area contributed by atoms with Crippen molar-refractivity contribution >= 4 is 5.82 Å². The fourth-order valence-electron chi connectivity index (χ4n) is 3.08. The van der Waals surface area contributed by atoms with E-state index in [1.165, 1.54) is 0 Å². The number of nitrogens with zero attached hydrogens (tertiary/aromatic N) is 3. The van der Waals surface area contributed by atoms with Gasteiger partial charge in [0.15, 0.2) is 11.4 Å². The third kappa shape index (κ3) is 3.47. The standard InChI is InChI=1S/C18H20N4O2/c1-12-4-2-5-13(8-12)9-16-20-17(15(10-19)18(24)21-16)22-7-3-6-14(23)11-22/h2,4-5,8,14,23H,3,6-7,9,11H2,1H3,(H,20,21,24). The van der Waals surface area contributed by atoms with E-state index in [9.17, 15) is 15.2 Å². The zero-order valence-electron chi connectivity index (χ0n) is 13.6. The Kier molecular flexibility index (Phi) is 4.63. The number of hydrogen-bond donors (Lipinski definition) is 2. The summed E-state index contributed by atoms with van der Waals surface area (Å²) in [6.07, 6.45) is 1.59. The highest BCUT2D eigenvalue weighted by Crippen LogP contribution is 2.20. The Morgan fingerprint density at radius 3 is 3.04 bits per heavy atom. The summed E-state index contributed by atoms with van der Waals surface area (Å²) >= 11 is 0. The monoisotopic (exact) mass is 324 g/mol. The number of benzene rings is 1. The summed E-state index contributed by atoms with van der Waals surface area (Å²) in [6.45, 7) is 3.10. The van der Waals surface area contributed by atoms with Gasteiger partial charge in [-0.15, -0.1) is 0 Å². The van der Waals surface area contributed by atoms with Crippen LogP contribution in [-0.4, -0.2) is 34.3 Å². The third-order valence-electron chi connectivity index (χ3n) is 4.21. The largest absolute Gasteiger partial charge is 0.391 e. The molecule has 124 valence electrons. The van der Waals surface area contributed by atoms with Gasteiger partial charge in [-0.05, 0) is 25.3 Å². The molecule has 0 spiro atoms. The molecule has 1 aliphatic heterocycles. The molecule has 3 rings (SSSR count). The van der Waals surface area contributed by atoms with Crippen molar-refractivity contribution in [2.75, 3.05) is 18.0 Å². The molecular formula is C18H20N4O2. The van der Waals surface area contributed by atoms with Crippen LogP contribution in [0.15, 0.2) is 29.1 Å². The molecule has 2 aromatic rings. The van der Waals surface area contributed by atoms with Gasteiger partial charge in [-0.25, -0.2) is 4.98 Å². The second-order valence-corrected chi connectivity index (χ2v) is 6.23. The first-order valence-corrected chi connectivity index (χ1v) is 8.08. The quantitative estimate of drug-likeness (QED) is 0.892. The van der Waals surface area contributed by atoms with Crippen LogP contribution in [0.1, 0.15) is 35.4 Å². The van der Waals surface area contributed by atoms with Crippen molar-refractivity contribution < 1.29 is 5.11 Å². The van der Waals surface area contributed by atoms with E-state index in [0.29, 0.717) is 31.2 Å². The number of aryl methyl sites for hydroxylation is 1. The number of aromatic nitrogens is 2. The van der Waals surface area contributed by atoms with Crippen molar-refractivity contribution in [2.24, 2.45) is 0 Å². The highest BCUT2D eigenvalue weighted by atomic mass is 16.3. The minimum atomic E-state index is -0.452. The lowest BCUT2D eigenvalue weighted by molar-refractivity contribution is 0.154. The molecule has 2 N–H and O–H groups in total. The van der Waals surface area contributed by atoms with Gasteiger partial charge in [0, 0.05) is 19.5 Å². The van der Waals surface area contributed by atoms with E-state index in [2.05, 4.69) is 9.97 Å². The zero-order chi connectivity index (χ0) is 17.1. The van der Waals surface area contributed by atoms with E-state index < -0.39 is 11.7 Å². The van der Waals surface area contributed by atoms with Crippen molar-refractivity contribution in [3.05, 3.63) is 57.1 Å². The number of anilines is 1. The molecule has 1 aromatic heterocycles. The SMILES string of the molecule is Cc1cccc(Cc2nc(N3CCCC(O)C3)c(C#N)c(=O)[nH]2)c1. The Labute approximate surface area is 140 Å². The molecule has 2 heterocycles. The van der Waals surface area contributed by atoms with Gasteiger partial charge in [0.25, 0.3) is 5.56 Å². The van der Waals surface area contributed by atoms with E-state index in [1.807, 2.05) is 42.2 Å². The van der Waals surface area contributed by atoms with Gasteiger partial charge in [-0.2, -0.15) is 5.26 Å². The Morgan fingerprint density at radius 2 is 2.33 bits per heavy atom. The number of aliphatic hydroxyl groups excluding tert-OH is 1. The van der Waals surface area contributed by atoms with Gasteiger partial charge in [0.1, 0.15) is 11.9 Å². The van der Waals surface area contributed by atoms with E-state index in [-0.39, 0.29) is 5.56 Å². The number of rotatable bonds is 3. The number of nitrogens with one attached hydrogen (secondary N) is 1. The lowest BCUT2D eigenvalue weighted by Gasteiger charge is -2.31. The summed E-state index contributed by atoms with van der Waals surface area (Å²) in [5.41, 5.74) is 1.78. The molecule has 0 radical (unpaired) electrons. The summed E-state index contributed by atoms with van der Waals surface area (Å²) < 4.78 is 0. The smallest absolute Gasteiger partial charge is 0.271 e. The van der Waals surface area contributed by atoms with Crippen LogP contribution < -0.4 is 10.5 Å². The molecule has 0 aliphatic carbocycles. The predicted molar refractivity (Wildman–Crippen MR) is 91.0 cm³/mol. The van der Waals surface area contributed by atoms with Crippen molar-refractivity contribution in [1.29, 1.82) is 5.26 Å². The average molecular weight is 324 g/mol. The van der Waals surface area contributed by atoms with E-state index in [0.717, 1.165) is 24.0 Å². The molecule has 0 bridgehead atoms. The fraction of sp³-hybridized carbons (Fsp3) is 0.389. The highest BCUT2D eigenvalue weighted by Gasteiger charge is 2.23. The molecule has 1 unspecified atom stereocenters. The number of aromatic amines is 1. The van der Waals surface area contributed by atoms with Gasteiger partial charge in [0.05, 0.1) is 6.10 Å². The van der Waals surface area contributed by atoms with Crippen LogP contribution in [0.2, 0.25) is 0 Å². The zero-order valence-corrected chi connectivity index (χ0v) is 13.6. The Balaban J connectivity index is 1.97. The summed E-state index contributed by atoms with van der Waals surface area (Å²) in [6, 6.07) is 9.95. The Hall–Kier alpha value is -2.65. The van der Waals surface area contributed by atoms with Crippen LogP contribution in [0.25, 0.3) is 0 Å². The fourth-order valence-corrected chi connectivity index (χ4v) is 3.08. The molecule has 1 saturated heterocycles. The van der Waals surface area contributed by atoms with E-state index in [4.69, 9.17) is 0 Å². The second-order valence-electron chi connectivity index (χ2n) is 6.23. The van der Waals surface area contributed by atoms with Crippen molar-refractivity contribution in [3.63, 3.8) is 0 Å². The average Bonchev–Trinajstić information content (AvgIpc) is 2.54. The molecule has 1 aromatic carbocycles. The molecule has 1 aliphatic rings. The van der Waals surface area contributed by atoms with E-state index >= 15 is 0 Å². The molecule has 24 heavy (non-hydrogen) atoms. The summed E-state index contributed by atoms with van der Waals surface area (Å²) in [7, 11) is 0. The number of hydrogen-bond acceptors (Lipinski definition) is 5. The summed E-state index contributed by atoms with van der Waals surface area (Å²) in [4.78, 5) is 21.3. The predicted octanol–water partition coefficient (Wildman–Crippen LogP) is 1.50. The lowest BCUT2D eigenvalue weighted by Crippen LogP contribution is -2.40. The Bertz CT molecular complexity index is 838. The van der Waals surface area contributed by atoms with Crippen LogP contribution in [0.5, 0.6) is 0 Å². The van der Waals surface area contributed by atoms with Crippen LogP contribution in [-0.2, 0) is 6.42 Å². The molecule has 6 heteroatoms. The third-order valence-corrected chi connectivity index (χ3v) is 4.21. The number of β-amino-alcohol motifs (C(OH)–C–C–N with tert-alkyl or cyclic N) is 1. The number of aliphatic hydroxyl groups is 1. The summed E-state index contributed by atoms with van der Waals surface area (Å²) in [5.74, 6) is 0.905. The first kappa shape index (κ1) is 16.2. The van der Waals surface area contributed by atoms with Crippen LogP contribution >= 0.6 is 0 Å². The maximum Gasteiger partial charge on any atom is 0.271 e. The minimum absolute atomic E-state index is 0.0112. The molecule has 6 nitrogen and oxygen atoms in total. The molecule has 1 fully saturated rings. The maximum atomic E-state index is 12.3. The number of H-pyrrole nitrogens is 1. The normalized spacial score (nSPS) is 17.5. The molecule has 1 atom stereocenters. The van der Waals surface area contributed by atoms with Gasteiger partial charge in [0.2, 0.25) is 0 Å². The summed E-state index contributed by atoms with van der Waals surface area (Å²) in [5, 5.41) is 19.2. The number of piperidine rings is 1. The van der Waals surface area contributed by atoms with E-state index in [1.54, 1.807) is 0 Å². The molecule has 0 saturated carbocycles. The first-order chi connectivity index (χ1) is 11.6. The maximum absolute atomic E-state index is 12.3. The van der Waals surface area contributed by atoms with Crippen molar-refractivity contribution in [2.45, 2.75) is 32.3 Å².